The SMILES string of the molecule is CCN(CC1CC1)C1(CN)CCC(C)C1. The van der Waals surface area contributed by atoms with Crippen LogP contribution in [-0.4, -0.2) is 30.1 Å². The van der Waals surface area contributed by atoms with Crippen molar-refractivity contribution < 1.29 is 0 Å². The van der Waals surface area contributed by atoms with Crippen LogP contribution in [0.5, 0.6) is 0 Å². The van der Waals surface area contributed by atoms with Crippen molar-refractivity contribution in [1.29, 1.82) is 0 Å². The predicted octanol–water partition coefficient (Wildman–Crippen LogP) is 2.24. The molecule has 2 rings (SSSR count). The Morgan fingerprint density at radius 2 is 2.07 bits per heavy atom. The molecule has 0 amide bonds. The van der Waals surface area contributed by atoms with Crippen LogP contribution in [0, 0.1) is 11.8 Å². The van der Waals surface area contributed by atoms with Gasteiger partial charge in [0, 0.05) is 18.6 Å². The second kappa shape index (κ2) is 4.42. The van der Waals surface area contributed by atoms with E-state index in [2.05, 4.69) is 18.7 Å². The summed E-state index contributed by atoms with van der Waals surface area (Å²) in [5, 5.41) is 0. The third-order valence-corrected chi connectivity index (χ3v) is 4.44. The molecule has 2 unspecified atom stereocenters. The number of rotatable bonds is 5. The number of nitrogens with two attached hydrogens (primary N) is 1. The molecule has 0 aliphatic heterocycles. The topological polar surface area (TPSA) is 29.3 Å². The molecule has 88 valence electrons. The number of nitrogens with zero attached hydrogens (tertiary/aromatic N) is 1. The van der Waals surface area contributed by atoms with Gasteiger partial charge in [0.25, 0.3) is 0 Å². The maximum absolute atomic E-state index is 6.06. The van der Waals surface area contributed by atoms with E-state index in [1.807, 2.05) is 0 Å². The molecular weight excluding hydrogens is 184 g/mol. The molecule has 2 N–H and O–H groups in total. The molecule has 0 aromatic rings. The highest BCUT2D eigenvalue weighted by Gasteiger charge is 2.42. The summed E-state index contributed by atoms with van der Waals surface area (Å²) in [6.45, 7) is 8.02. The summed E-state index contributed by atoms with van der Waals surface area (Å²) in [5.74, 6) is 1.87. The molecule has 2 atom stereocenters. The maximum atomic E-state index is 6.06. The predicted molar refractivity (Wildman–Crippen MR) is 64.8 cm³/mol. The summed E-state index contributed by atoms with van der Waals surface area (Å²) in [6, 6.07) is 0. The second-order valence-corrected chi connectivity index (χ2v) is 5.76. The van der Waals surface area contributed by atoms with Crippen LogP contribution in [0.2, 0.25) is 0 Å². The molecule has 0 aromatic heterocycles. The zero-order valence-corrected chi connectivity index (χ0v) is 10.3. The van der Waals surface area contributed by atoms with Crippen LogP contribution in [0.3, 0.4) is 0 Å². The van der Waals surface area contributed by atoms with E-state index in [0.29, 0.717) is 5.54 Å². The Morgan fingerprint density at radius 1 is 1.33 bits per heavy atom. The quantitative estimate of drug-likeness (QED) is 0.754. The van der Waals surface area contributed by atoms with Gasteiger partial charge in [-0.15, -0.1) is 0 Å². The standard InChI is InChI=1S/C13H26N2/c1-3-15(9-12-4-5-12)13(10-14)7-6-11(2)8-13/h11-12H,3-10,14H2,1-2H3. The van der Waals surface area contributed by atoms with Crippen LogP contribution in [0.1, 0.15) is 46.0 Å². The van der Waals surface area contributed by atoms with Crippen LogP contribution in [0.15, 0.2) is 0 Å². The Bertz CT molecular complexity index is 213. The summed E-state index contributed by atoms with van der Waals surface area (Å²) in [7, 11) is 0. The third kappa shape index (κ3) is 2.36. The molecule has 2 fully saturated rings. The molecule has 0 aromatic carbocycles. The van der Waals surface area contributed by atoms with Crippen molar-refractivity contribution in [3.05, 3.63) is 0 Å². The molecule has 0 saturated heterocycles. The average molecular weight is 210 g/mol. The van der Waals surface area contributed by atoms with Crippen LogP contribution < -0.4 is 5.73 Å². The summed E-state index contributed by atoms with van der Waals surface area (Å²) < 4.78 is 0. The summed E-state index contributed by atoms with van der Waals surface area (Å²) in [4.78, 5) is 2.69. The Labute approximate surface area is 94.2 Å². The van der Waals surface area contributed by atoms with Gasteiger partial charge in [0.1, 0.15) is 0 Å². The highest BCUT2D eigenvalue weighted by Crippen LogP contribution is 2.40. The highest BCUT2D eigenvalue weighted by molar-refractivity contribution is 4.99. The fourth-order valence-electron chi connectivity index (χ4n) is 3.24. The van der Waals surface area contributed by atoms with Gasteiger partial charge in [-0.05, 0) is 50.5 Å². The van der Waals surface area contributed by atoms with E-state index in [9.17, 15) is 0 Å². The molecule has 0 spiro atoms. The molecule has 0 bridgehead atoms. The van der Waals surface area contributed by atoms with E-state index in [1.165, 1.54) is 45.2 Å². The van der Waals surface area contributed by atoms with E-state index in [1.54, 1.807) is 0 Å². The zero-order chi connectivity index (χ0) is 10.9. The van der Waals surface area contributed by atoms with Gasteiger partial charge < -0.3 is 5.73 Å². The summed E-state index contributed by atoms with van der Waals surface area (Å²) >= 11 is 0. The normalized spacial score (nSPS) is 36.4. The van der Waals surface area contributed by atoms with Crippen LogP contribution in [0.25, 0.3) is 0 Å². The smallest absolute Gasteiger partial charge is 0.0334 e. The molecule has 15 heavy (non-hydrogen) atoms. The lowest BCUT2D eigenvalue weighted by atomic mass is 9.93. The minimum absolute atomic E-state index is 0.358. The van der Waals surface area contributed by atoms with E-state index in [-0.39, 0.29) is 0 Å². The van der Waals surface area contributed by atoms with Gasteiger partial charge in [-0.3, -0.25) is 4.90 Å². The Balaban J connectivity index is 2.01. The van der Waals surface area contributed by atoms with Gasteiger partial charge in [-0.25, -0.2) is 0 Å². The van der Waals surface area contributed by atoms with Gasteiger partial charge in [-0.2, -0.15) is 0 Å². The first kappa shape index (κ1) is 11.4. The van der Waals surface area contributed by atoms with E-state index < -0.39 is 0 Å². The fraction of sp³-hybridized carbons (Fsp3) is 1.00. The van der Waals surface area contributed by atoms with Crippen LogP contribution in [0.4, 0.5) is 0 Å². The first-order valence-corrected chi connectivity index (χ1v) is 6.65. The second-order valence-electron chi connectivity index (χ2n) is 5.76. The number of hydrogen-bond donors (Lipinski definition) is 1. The largest absolute Gasteiger partial charge is 0.329 e. The average Bonchev–Trinajstić information content (AvgIpc) is 2.98. The van der Waals surface area contributed by atoms with Crippen molar-refractivity contribution in [2.45, 2.75) is 51.5 Å². The molecule has 2 nitrogen and oxygen atoms in total. The maximum Gasteiger partial charge on any atom is 0.0334 e. The minimum atomic E-state index is 0.358. The molecule has 2 heteroatoms. The van der Waals surface area contributed by atoms with Crippen molar-refractivity contribution in [3.8, 4) is 0 Å². The van der Waals surface area contributed by atoms with E-state index in [4.69, 9.17) is 5.73 Å². The van der Waals surface area contributed by atoms with Crippen LogP contribution >= 0.6 is 0 Å². The Kier molecular flexibility index (Phi) is 3.36. The number of hydrogen-bond acceptors (Lipinski definition) is 2. The molecule has 2 saturated carbocycles. The molecule has 2 aliphatic rings. The zero-order valence-electron chi connectivity index (χ0n) is 10.3. The Hall–Kier alpha value is -0.0800. The van der Waals surface area contributed by atoms with Crippen molar-refractivity contribution >= 4 is 0 Å². The van der Waals surface area contributed by atoms with Gasteiger partial charge in [0.15, 0.2) is 0 Å². The van der Waals surface area contributed by atoms with E-state index in [0.717, 1.165) is 18.4 Å². The van der Waals surface area contributed by atoms with E-state index >= 15 is 0 Å². The highest BCUT2D eigenvalue weighted by atomic mass is 15.2. The van der Waals surface area contributed by atoms with Crippen molar-refractivity contribution in [2.75, 3.05) is 19.6 Å². The summed E-state index contributed by atoms with van der Waals surface area (Å²) in [5.41, 5.74) is 6.42. The molecule has 0 heterocycles. The minimum Gasteiger partial charge on any atom is -0.329 e. The lowest BCUT2D eigenvalue weighted by molar-refractivity contribution is 0.0963. The van der Waals surface area contributed by atoms with Gasteiger partial charge in [0.05, 0.1) is 0 Å². The van der Waals surface area contributed by atoms with Crippen molar-refractivity contribution in [3.63, 3.8) is 0 Å². The lowest BCUT2D eigenvalue weighted by Gasteiger charge is -2.40. The van der Waals surface area contributed by atoms with Crippen LogP contribution in [-0.2, 0) is 0 Å². The third-order valence-electron chi connectivity index (χ3n) is 4.44. The number of likely N-dealkylation sites (N-methyl/N-ethyl adjacent to an activating group) is 1. The van der Waals surface area contributed by atoms with Crippen molar-refractivity contribution in [1.82, 2.24) is 4.90 Å². The summed E-state index contributed by atoms with van der Waals surface area (Å²) in [6.07, 6.45) is 6.92. The van der Waals surface area contributed by atoms with Gasteiger partial charge in [-0.1, -0.05) is 13.8 Å². The van der Waals surface area contributed by atoms with Gasteiger partial charge >= 0.3 is 0 Å². The van der Waals surface area contributed by atoms with Crippen molar-refractivity contribution in [2.24, 2.45) is 17.6 Å². The molecular formula is C13H26N2. The molecule has 0 radical (unpaired) electrons. The molecule has 2 aliphatic carbocycles. The fourth-order valence-corrected chi connectivity index (χ4v) is 3.24. The Morgan fingerprint density at radius 3 is 2.47 bits per heavy atom. The monoisotopic (exact) mass is 210 g/mol. The lowest BCUT2D eigenvalue weighted by Crippen LogP contribution is -2.52. The van der Waals surface area contributed by atoms with Gasteiger partial charge in [0.2, 0.25) is 0 Å². The first-order valence-electron chi connectivity index (χ1n) is 6.65. The first-order chi connectivity index (χ1) is 7.20.